The normalized spacial score (nSPS) is 22.0. The van der Waals surface area contributed by atoms with Gasteiger partial charge in [-0.1, -0.05) is 13.3 Å². The molecule has 8 heteroatoms. The molecule has 0 spiro atoms. The molecule has 0 aromatic heterocycles. The van der Waals surface area contributed by atoms with E-state index in [2.05, 4.69) is 12.2 Å². The topological polar surface area (TPSA) is 75.6 Å². The summed E-state index contributed by atoms with van der Waals surface area (Å²) in [5.41, 5.74) is 0. The van der Waals surface area contributed by atoms with Crippen LogP contribution in [-0.2, 0) is 14.3 Å². The zero-order valence-corrected chi connectivity index (χ0v) is 12.2. The lowest BCUT2D eigenvalue weighted by atomic mass is 9.82. The molecule has 2 N–H and O–H groups in total. The number of aliphatic carboxylic acids is 1. The van der Waals surface area contributed by atoms with Crippen LogP contribution in [0.4, 0.5) is 13.2 Å². The Kier molecular flexibility index (Phi) is 9.00. The van der Waals surface area contributed by atoms with Crippen molar-refractivity contribution in [2.75, 3.05) is 19.7 Å². The van der Waals surface area contributed by atoms with Gasteiger partial charge in [0, 0.05) is 6.42 Å². The van der Waals surface area contributed by atoms with Crippen LogP contribution < -0.4 is 5.32 Å². The van der Waals surface area contributed by atoms with Crippen LogP contribution in [0.1, 0.15) is 33.1 Å². The SMILES string of the molecule is CCOC(=O)C[C@H]1CCNC[C@@H]1CC.O=C(O)C(F)(F)F. The van der Waals surface area contributed by atoms with E-state index in [0.29, 0.717) is 24.9 Å². The van der Waals surface area contributed by atoms with Gasteiger partial charge in [-0.25, -0.2) is 4.79 Å². The van der Waals surface area contributed by atoms with Gasteiger partial charge in [-0.2, -0.15) is 13.2 Å². The molecule has 1 aliphatic heterocycles. The first-order valence-corrected chi connectivity index (χ1v) is 6.88. The van der Waals surface area contributed by atoms with Gasteiger partial charge in [-0.3, -0.25) is 4.79 Å². The molecule has 0 radical (unpaired) electrons. The van der Waals surface area contributed by atoms with E-state index in [4.69, 9.17) is 14.6 Å². The zero-order chi connectivity index (χ0) is 16.5. The highest BCUT2D eigenvalue weighted by atomic mass is 19.4. The number of piperidine rings is 1. The fourth-order valence-electron chi connectivity index (χ4n) is 2.16. The van der Waals surface area contributed by atoms with Crippen LogP contribution in [0.5, 0.6) is 0 Å². The molecule has 1 heterocycles. The Labute approximate surface area is 121 Å². The van der Waals surface area contributed by atoms with Crippen LogP contribution in [0.3, 0.4) is 0 Å². The van der Waals surface area contributed by atoms with E-state index in [1.807, 2.05) is 6.92 Å². The summed E-state index contributed by atoms with van der Waals surface area (Å²) in [6, 6.07) is 0. The number of hydrogen-bond donors (Lipinski definition) is 2. The lowest BCUT2D eigenvalue weighted by Gasteiger charge is -2.30. The number of carbonyl (C=O) groups excluding carboxylic acids is 1. The molecule has 1 rings (SSSR count). The van der Waals surface area contributed by atoms with Crippen molar-refractivity contribution in [2.45, 2.75) is 39.3 Å². The zero-order valence-electron chi connectivity index (χ0n) is 12.2. The van der Waals surface area contributed by atoms with Gasteiger partial charge in [0.15, 0.2) is 0 Å². The molecule has 0 aromatic carbocycles. The summed E-state index contributed by atoms with van der Waals surface area (Å²) in [6.45, 7) is 6.65. The molecule has 0 aromatic rings. The monoisotopic (exact) mass is 313 g/mol. The maximum Gasteiger partial charge on any atom is 0.490 e. The van der Waals surface area contributed by atoms with Crippen LogP contribution in [0.15, 0.2) is 0 Å². The predicted octanol–water partition coefficient (Wildman–Crippen LogP) is 2.21. The molecule has 1 aliphatic rings. The highest BCUT2D eigenvalue weighted by molar-refractivity contribution is 5.73. The number of esters is 1. The quantitative estimate of drug-likeness (QED) is 0.778. The van der Waals surface area contributed by atoms with Gasteiger partial charge >= 0.3 is 18.1 Å². The minimum Gasteiger partial charge on any atom is -0.475 e. The minimum absolute atomic E-state index is 0.0298. The van der Waals surface area contributed by atoms with Crippen LogP contribution in [-0.4, -0.2) is 42.9 Å². The molecule has 0 unspecified atom stereocenters. The lowest BCUT2D eigenvalue weighted by molar-refractivity contribution is -0.192. The van der Waals surface area contributed by atoms with Crippen molar-refractivity contribution < 1.29 is 32.6 Å². The molecule has 1 saturated heterocycles. The Balaban J connectivity index is 0.000000486. The fraction of sp³-hybridized carbons (Fsp3) is 0.846. The first kappa shape index (κ1) is 19.7. The van der Waals surface area contributed by atoms with Crippen LogP contribution in [0.2, 0.25) is 0 Å². The van der Waals surface area contributed by atoms with Crippen molar-refractivity contribution in [2.24, 2.45) is 11.8 Å². The Morgan fingerprint density at radius 1 is 1.29 bits per heavy atom. The van der Waals surface area contributed by atoms with Gasteiger partial charge in [0.1, 0.15) is 0 Å². The van der Waals surface area contributed by atoms with E-state index < -0.39 is 12.1 Å². The number of alkyl halides is 3. The largest absolute Gasteiger partial charge is 0.490 e. The van der Waals surface area contributed by atoms with Crippen molar-refractivity contribution in [3.63, 3.8) is 0 Å². The Morgan fingerprint density at radius 2 is 1.86 bits per heavy atom. The second-order valence-electron chi connectivity index (χ2n) is 4.73. The number of nitrogens with one attached hydrogen (secondary N) is 1. The summed E-state index contributed by atoms with van der Waals surface area (Å²) in [6.07, 6.45) is -2.22. The molecule has 1 fully saturated rings. The molecule has 0 bridgehead atoms. The molecular formula is C13H22F3NO4. The molecule has 124 valence electrons. The minimum atomic E-state index is -5.08. The molecule has 0 amide bonds. The number of rotatable bonds is 4. The van der Waals surface area contributed by atoms with E-state index >= 15 is 0 Å². The van der Waals surface area contributed by atoms with Gasteiger partial charge < -0.3 is 15.2 Å². The fourth-order valence-corrected chi connectivity index (χ4v) is 2.16. The van der Waals surface area contributed by atoms with E-state index in [0.717, 1.165) is 25.9 Å². The lowest BCUT2D eigenvalue weighted by Crippen LogP contribution is -2.37. The summed E-state index contributed by atoms with van der Waals surface area (Å²) < 4.78 is 36.7. The van der Waals surface area contributed by atoms with Crippen molar-refractivity contribution in [1.29, 1.82) is 0 Å². The van der Waals surface area contributed by atoms with Crippen LogP contribution in [0, 0.1) is 11.8 Å². The van der Waals surface area contributed by atoms with Crippen LogP contribution >= 0.6 is 0 Å². The smallest absolute Gasteiger partial charge is 0.475 e. The summed E-state index contributed by atoms with van der Waals surface area (Å²) >= 11 is 0. The summed E-state index contributed by atoms with van der Waals surface area (Å²) in [5.74, 6) is -1.61. The molecule has 21 heavy (non-hydrogen) atoms. The number of carbonyl (C=O) groups is 2. The van der Waals surface area contributed by atoms with Crippen molar-refractivity contribution in [3.8, 4) is 0 Å². The Morgan fingerprint density at radius 3 is 2.29 bits per heavy atom. The Hall–Kier alpha value is -1.31. The van der Waals surface area contributed by atoms with E-state index in [9.17, 15) is 18.0 Å². The van der Waals surface area contributed by atoms with Gasteiger partial charge in [-0.05, 0) is 38.3 Å². The third-order valence-electron chi connectivity index (χ3n) is 3.27. The highest BCUT2D eigenvalue weighted by Gasteiger charge is 2.38. The molecule has 0 aliphatic carbocycles. The number of carboxylic acid groups (broad SMARTS) is 1. The van der Waals surface area contributed by atoms with E-state index in [1.54, 1.807) is 0 Å². The summed E-state index contributed by atoms with van der Waals surface area (Å²) in [5, 5.41) is 10.5. The van der Waals surface area contributed by atoms with Crippen LogP contribution in [0.25, 0.3) is 0 Å². The molecule has 2 atom stereocenters. The predicted molar refractivity (Wildman–Crippen MR) is 69.7 cm³/mol. The Bertz CT molecular complexity index is 334. The van der Waals surface area contributed by atoms with Crippen molar-refractivity contribution in [1.82, 2.24) is 5.32 Å². The standard InChI is InChI=1S/C11H21NO2.C2HF3O2/c1-3-9-8-12-6-5-10(9)7-11(13)14-4-2;3-2(4,5)1(6)7/h9-10,12H,3-8H2,1-2H3;(H,6,7)/t9-,10+;/m0./s1. The number of carboxylic acids is 1. The number of hydrogen-bond acceptors (Lipinski definition) is 4. The average molecular weight is 313 g/mol. The molecule has 5 nitrogen and oxygen atoms in total. The average Bonchev–Trinajstić information content (AvgIpc) is 2.39. The summed E-state index contributed by atoms with van der Waals surface area (Å²) in [7, 11) is 0. The number of ether oxygens (including phenoxy) is 1. The third kappa shape index (κ3) is 8.54. The first-order valence-electron chi connectivity index (χ1n) is 6.88. The first-order chi connectivity index (χ1) is 9.72. The molecular weight excluding hydrogens is 291 g/mol. The van der Waals surface area contributed by atoms with Crippen molar-refractivity contribution >= 4 is 11.9 Å². The van der Waals surface area contributed by atoms with Gasteiger partial charge in [-0.15, -0.1) is 0 Å². The molecule has 0 saturated carbocycles. The third-order valence-corrected chi connectivity index (χ3v) is 3.27. The second-order valence-corrected chi connectivity index (χ2v) is 4.73. The second kappa shape index (κ2) is 9.59. The van der Waals surface area contributed by atoms with Gasteiger partial charge in [0.05, 0.1) is 6.61 Å². The van der Waals surface area contributed by atoms with Gasteiger partial charge in [0.2, 0.25) is 0 Å². The summed E-state index contributed by atoms with van der Waals surface area (Å²) in [4.78, 5) is 20.2. The highest BCUT2D eigenvalue weighted by Crippen LogP contribution is 2.25. The van der Waals surface area contributed by atoms with Gasteiger partial charge in [0.25, 0.3) is 0 Å². The maximum atomic E-state index is 11.3. The maximum absolute atomic E-state index is 11.3. The van der Waals surface area contributed by atoms with E-state index in [1.165, 1.54) is 0 Å². The number of halogens is 3. The van der Waals surface area contributed by atoms with Crippen molar-refractivity contribution in [3.05, 3.63) is 0 Å². The van der Waals surface area contributed by atoms with E-state index in [-0.39, 0.29) is 5.97 Å².